The second-order valence-corrected chi connectivity index (χ2v) is 5.02. The molecule has 1 atom stereocenters. The average molecular weight is 260 g/mol. The van der Waals surface area contributed by atoms with Gasteiger partial charge in [0.15, 0.2) is 0 Å². The minimum Gasteiger partial charge on any atom is -0.330 e. The quantitative estimate of drug-likeness (QED) is 0.885. The summed E-state index contributed by atoms with van der Waals surface area (Å²) in [7, 11) is 0. The minimum atomic E-state index is -1.01. The van der Waals surface area contributed by atoms with Crippen LogP contribution in [0.5, 0.6) is 0 Å². The van der Waals surface area contributed by atoms with Gasteiger partial charge in [-0.3, -0.25) is 0 Å². The van der Waals surface area contributed by atoms with Crippen molar-refractivity contribution in [2.75, 3.05) is 6.54 Å². The first kappa shape index (κ1) is 11.7. The number of alkyl halides is 1. The molecule has 0 fully saturated rings. The SMILES string of the molecule is CC(C)(CN)C(F)c1ccc(Br)cc1. The summed E-state index contributed by atoms with van der Waals surface area (Å²) in [4.78, 5) is 0. The zero-order valence-corrected chi connectivity index (χ0v) is 10.0. The van der Waals surface area contributed by atoms with Crippen molar-refractivity contribution >= 4 is 15.9 Å². The Balaban J connectivity index is 2.89. The van der Waals surface area contributed by atoms with Crippen LogP contribution in [-0.4, -0.2) is 6.54 Å². The molecule has 0 aliphatic carbocycles. The Labute approximate surface area is 92.6 Å². The van der Waals surface area contributed by atoms with Gasteiger partial charge >= 0.3 is 0 Å². The topological polar surface area (TPSA) is 26.0 Å². The van der Waals surface area contributed by atoms with E-state index in [0.29, 0.717) is 12.1 Å². The van der Waals surface area contributed by atoms with Crippen LogP contribution in [0.4, 0.5) is 4.39 Å². The molecular weight excluding hydrogens is 245 g/mol. The first-order chi connectivity index (χ1) is 6.47. The molecule has 1 aromatic carbocycles. The highest BCUT2D eigenvalue weighted by Gasteiger charge is 2.29. The monoisotopic (exact) mass is 259 g/mol. The van der Waals surface area contributed by atoms with Gasteiger partial charge in [0.1, 0.15) is 6.17 Å². The van der Waals surface area contributed by atoms with Gasteiger partial charge in [-0.25, -0.2) is 4.39 Å². The van der Waals surface area contributed by atoms with Crippen LogP contribution >= 0.6 is 15.9 Å². The van der Waals surface area contributed by atoms with Crippen molar-refractivity contribution in [1.82, 2.24) is 0 Å². The van der Waals surface area contributed by atoms with Crippen molar-refractivity contribution < 1.29 is 4.39 Å². The van der Waals surface area contributed by atoms with E-state index in [4.69, 9.17) is 5.73 Å². The van der Waals surface area contributed by atoms with Crippen LogP contribution < -0.4 is 5.73 Å². The van der Waals surface area contributed by atoms with E-state index in [1.54, 1.807) is 12.1 Å². The van der Waals surface area contributed by atoms with E-state index in [1.165, 1.54) is 0 Å². The molecule has 0 radical (unpaired) electrons. The van der Waals surface area contributed by atoms with E-state index in [2.05, 4.69) is 15.9 Å². The summed E-state index contributed by atoms with van der Waals surface area (Å²) in [6.07, 6.45) is -1.01. The zero-order chi connectivity index (χ0) is 10.8. The molecule has 1 rings (SSSR count). The van der Waals surface area contributed by atoms with Gasteiger partial charge in [0.25, 0.3) is 0 Å². The largest absolute Gasteiger partial charge is 0.330 e. The molecule has 0 saturated heterocycles. The van der Waals surface area contributed by atoms with Crippen LogP contribution in [0.15, 0.2) is 28.7 Å². The second-order valence-electron chi connectivity index (χ2n) is 4.11. The van der Waals surface area contributed by atoms with Gasteiger partial charge in [-0.1, -0.05) is 41.9 Å². The van der Waals surface area contributed by atoms with Gasteiger partial charge in [0.05, 0.1) is 0 Å². The maximum absolute atomic E-state index is 13.9. The molecule has 0 saturated carbocycles. The van der Waals surface area contributed by atoms with Crippen LogP contribution in [0, 0.1) is 5.41 Å². The number of benzene rings is 1. The molecule has 0 spiro atoms. The first-order valence-corrected chi connectivity index (χ1v) is 5.36. The molecule has 1 aromatic rings. The lowest BCUT2D eigenvalue weighted by molar-refractivity contribution is 0.153. The highest BCUT2D eigenvalue weighted by atomic mass is 79.9. The fraction of sp³-hybridized carbons (Fsp3) is 0.455. The number of hydrogen-bond donors (Lipinski definition) is 1. The smallest absolute Gasteiger partial charge is 0.131 e. The summed E-state index contributed by atoms with van der Waals surface area (Å²) in [6.45, 7) is 4.00. The van der Waals surface area contributed by atoms with Crippen molar-refractivity contribution in [2.45, 2.75) is 20.0 Å². The normalized spacial score (nSPS) is 14.1. The molecule has 2 N–H and O–H groups in total. The molecular formula is C11H15BrFN. The average Bonchev–Trinajstić information content (AvgIpc) is 2.18. The Bertz CT molecular complexity index is 295. The van der Waals surface area contributed by atoms with Gasteiger partial charge in [-0.15, -0.1) is 0 Å². The molecule has 78 valence electrons. The van der Waals surface area contributed by atoms with Crippen LogP contribution in [0.2, 0.25) is 0 Å². The third-order valence-corrected chi connectivity index (χ3v) is 2.90. The fourth-order valence-corrected chi connectivity index (χ4v) is 1.45. The lowest BCUT2D eigenvalue weighted by Crippen LogP contribution is -2.28. The van der Waals surface area contributed by atoms with Gasteiger partial charge in [-0.05, 0) is 17.7 Å². The lowest BCUT2D eigenvalue weighted by Gasteiger charge is -2.27. The second kappa shape index (κ2) is 4.41. The van der Waals surface area contributed by atoms with Gasteiger partial charge in [0.2, 0.25) is 0 Å². The molecule has 1 nitrogen and oxygen atoms in total. The Hall–Kier alpha value is -0.410. The summed E-state index contributed by atoms with van der Waals surface area (Å²) in [5.74, 6) is 0. The third kappa shape index (κ3) is 2.55. The highest BCUT2D eigenvalue weighted by Crippen LogP contribution is 2.35. The van der Waals surface area contributed by atoms with Crippen LogP contribution in [0.25, 0.3) is 0 Å². The van der Waals surface area contributed by atoms with Gasteiger partial charge < -0.3 is 5.73 Å². The van der Waals surface area contributed by atoms with Gasteiger partial charge in [-0.2, -0.15) is 0 Å². The maximum Gasteiger partial charge on any atom is 0.131 e. The van der Waals surface area contributed by atoms with Crippen molar-refractivity contribution in [3.05, 3.63) is 34.3 Å². The molecule has 3 heteroatoms. The standard InChI is InChI=1S/C11H15BrFN/c1-11(2,7-14)10(13)8-3-5-9(12)6-4-8/h3-6,10H,7,14H2,1-2H3. The summed E-state index contributed by atoms with van der Waals surface area (Å²) >= 11 is 3.31. The Morgan fingerprint density at radius 3 is 2.29 bits per heavy atom. The number of rotatable bonds is 3. The van der Waals surface area contributed by atoms with Crippen molar-refractivity contribution in [3.63, 3.8) is 0 Å². The van der Waals surface area contributed by atoms with E-state index in [1.807, 2.05) is 26.0 Å². The van der Waals surface area contributed by atoms with Gasteiger partial charge in [0, 0.05) is 16.4 Å². The van der Waals surface area contributed by atoms with E-state index in [9.17, 15) is 4.39 Å². The van der Waals surface area contributed by atoms with Crippen LogP contribution in [-0.2, 0) is 0 Å². The fourth-order valence-electron chi connectivity index (χ4n) is 1.19. The zero-order valence-electron chi connectivity index (χ0n) is 8.43. The van der Waals surface area contributed by atoms with Crippen LogP contribution in [0.3, 0.4) is 0 Å². The molecule has 1 unspecified atom stereocenters. The molecule has 0 aliphatic heterocycles. The maximum atomic E-state index is 13.9. The Kier molecular flexibility index (Phi) is 3.67. The Morgan fingerprint density at radius 1 is 1.36 bits per heavy atom. The number of halogens is 2. The summed E-state index contributed by atoms with van der Waals surface area (Å²) in [6, 6.07) is 7.25. The summed E-state index contributed by atoms with van der Waals surface area (Å²) < 4.78 is 14.9. The molecule has 0 aliphatic rings. The van der Waals surface area contributed by atoms with Crippen molar-refractivity contribution in [2.24, 2.45) is 11.1 Å². The van der Waals surface area contributed by atoms with Crippen molar-refractivity contribution in [3.8, 4) is 0 Å². The molecule has 0 aromatic heterocycles. The predicted octanol–water partition coefficient (Wildman–Crippen LogP) is 3.44. The predicted molar refractivity (Wildman–Crippen MR) is 60.8 cm³/mol. The number of nitrogens with two attached hydrogens (primary N) is 1. The lowest BCUT2D eigenvalue weighted by atomic mass is 9.84. The van der Waals surface area contributed by atoms with E-state index in [0.717, 1.165) is 4.47 Å². The van der Waals surface area contributed by atoms with E-state index in [-0.39, 0.29) is 0 Å². The van der Waals surface area contributed by atoms with E-state index < -0.39 is 11.6 Å². The first-order valence-electron chi connectivity index (χ1n) is 4.57. The molecule has 0 amide bonds. The third-order valence-electron chi connectivity index (χ3n) is 2.37. The Morgan fingerprint density at radius 2 is 1.86 bits per heavy atom. The molecule has 14 heavy (non-hydrogen) atoms. The van der Waals surface area contributed by atoms with Crippen LogP contribution in [0.1, 0.15) is 25.6 Å². The summed E-state index contributed by atoms with van der Waals surface area (Å²) in [5, 5.41) is 0. The minimum absolute atomic E-state index is 0.338. The van der Waals surface area contributed by atoms with Crippen molar-refractivity contribution in [1.29, 1.82) is 0 Å². The van der Waals surface area contributed by atoms with E-state index >= 15 is 0 Å². The highest BCUT2D eigenvalue weighted by molar-refractivity contribution is 9.10. The number of hydrogen-bond acceptors (Lipinski definition) is 1. The molecule has 0 bridgehead atoms. The summed E-state index contributed by atoms with van der Waals surface area (Å²) in [5.41, 5.74) is 5.70. The molecule has 0 heterocycles.